The lowest BCUT2D eigenvalue weighted by Crippen LogP contribution is -2.57. The lowest BCUT2D eigenvalue weighted by atomic mass is 10.1. The fourth-order valence-electron chi connectivity index (χ4n) is 0.967. The Bertz CT molecular complexity index is 462. The number of pyridine rings is 1. The quantitative estimate of drug-likeness (QED) is 0.686. The number of hydrogen-bond donors (Lipinski definition) is 1. The standard InChI is InChI=1S/C9H5ClF6N2O/c10-9(15,16)8(13,14)7(11,12)6(19)18-5-2-1-3-17-4-5/h1-4H,(H,18,19). The van der Waals surface area contributed by atoms with E-state index in [1.807, 2.05) is 0 Å². The van der Waals surface area contributed by atoms with Gasteiger partial charge in [0.25, 0.3) is 0 Å². The normalized spacial score (nSPS) is 13.2. The summed E-state index contributed by atoms with van der Waals surface area (Å²) in [5.41, 5.74) is -0.360. The number of rotatable bonds is 4. The van der Waals surface area contributed by atoms with Crippen molar-refractivity contribution < 1.29 is 31.1 Å². The number of hydrogen-bond acceptors (Lipinski definition) is 2. The van der Waals surface area contributed by atoms with E-state index in [9.17, 15) is 31.1 Å². The first kappa shape index (κ1) is 15.5. The number of halogens is 7. The Balaban J connectivity index is 2.98. The van der Waals surface area contributed by atoms with Crippen LogP contribution in [0.2, 0.25) is 0 Å². The van der Waals surface area contributed by atoms with Gasteiger partial charge in [-0.25, -0.2) is 0 Å². The highest BCUT2D eigenvalue weighted by molar-refractivity contribution is 6.22. The van der Waals surface area contributed by atoms with Gasteiger partial charge >= 0.3 is 23.1 Å². The van der Waals surface area contributed by atoms with E-state index in [0.29, 0.717) is 0 Å². The van der Waals surface area contributed by atoms with E-state index in [0.717, 1.165) is 12.3 Å². The number of carbonyl (C=O) groups excluding carboxylic acids is 1. The van der Waals surface area contributed by atoms with E-state index >= 15 is 0 Å². The zero-order valence-corrected chi connectivity index (χ0v) is 9.57. The fraction of sp³-hybridized carbons (Fsp3) is 0.333. The van der Waals surface area contributed by atoms with Crippen molar-refractivity contribution in [2.75, 3.05) is 5.32 Å². The average Bonchev–Trinajstić information content (AvgIpc) is 2.28. The molecule has 0 spiro atoms. The molecule has 10 heteroatoms. The number of carbonyl (C=O) groups is 1. The molecule has 0 aliphatic rings. The van der Waals surface area contributed by atoms with Crippen LogP contribution >= 0.6 is 11.6 Å². The first-order valence-electron chi connectivity index (χ1n) is 4.54. The van der Waals surface area contributed by atoms with Crippen molar-refractivity contribution in [2.24, 2.45) is 0 Å². The third-order valence-electron chi connectivity index (χ3n) is 1.95. The maximum atomic E-state index is 13.0. The number of nitrogens with one attached hydrogen (secondary N) is 1. The second-order valence-corrected chi connectivity index (χ2v) is 3.82. The maximum Gasteiger partial charge on any atom is 0.395 e. The van der Waals surface area contributed by atoms with E-state index in [4.69, 9.17) is 0 Å². The minimum atomic E-state index is -6.05. The van der Waals surface area contributed by atoms with Crippen LogP contribution in [-0.4, -0.2) is 28.1 Å². The molecule has 0 saturated carbocycles. The van der Waals surface area contributed by atoms with Gasteiger partial charge in [-0.2, -0.15) is 26.3 Å². The van der Waals surface area contributed by atoms with Gasteiger partial charge in [0.1, 0.15) is 0 Å². The van der Waals surface area contributed by atoms with Crippen molar-refractivity contribution in [3.63, 3.8) is 0 Å². The first-order chi connectivity index (χ1) is 8.50. The number of aromatic nitrogens is 1. The second kappa shape index (κ2) is 4.87. The van der Waals surface area contributed by atoms with Crippen LogP contribution in [0.1, 0.15) is 0 Å². The number of alkyl halides is 7. The molecule has 0 saturated heterocycles. The van der Waals surface area contributed by atoms with Crippen LogP contribution in [0.5, 0.6) is 0 Å². The van der Waals surface area contributed by atoms with Crippen LogP contribution in [0, 0.1) is 0 Å². The molecule has 0 radical (unpaired) electrons. The van der Waals surface area contributed by atoms with Gasteiger partial charge in [0.15, 0.2) is 0 Å². The Morgan fingerprint density at radius 1 is 1.21 bits per heavy atom. The molecular weight excluding hydrogens is 302 g/mol. The van der Waals surface area contributed by atoms with Crippen LogP contribution in [0.15, 0.2) is 24.5 Å². The Kier molecular flexibility index (Phi) is 3.99. The molecule has 0 atom stereocenters. The molecule has 1 aromatic heterocycles. The summed E-state index contributed by atoms with van der Waals surface area (Å²) < 4.78 is 76.0. The average molecular weight is 307 g/mol. The van der Waals surface area contributed by atoms with Crippen LogP contribution in [0.4, 0.5) is 32.0 Å². The van der Waals surface area contributed by atoms with Gasteiger partial charge in [0.2, 0.25) is 0 Å². The van der Waals surface area contributed by atoms with Gasteiger partial charge in [0.05, 0.1) is 11.9 Å². The molecule has 1 heterocycles. The SMILES string of the molecule is O=C(Nc1cccnc1)C(F)(F)C(F)(F)C(F)(F)Cl. The molecular formula is C9H5ClF6N2O. The molecule has 1 N–H and O–H groups in total. The lowest BCUT2D eigenvalue weighted by Gasteiger charge is -2.28. The minimum absolute atomic E-state index is 0.360. The van der Waals surface area contributed by atoms with E-state index in [1.54, 1.807) is 0 Å². The van der Waals surface area contributed by atoms with E-state index < -0.39 is 23.1 Å². The molecule has 0 bridgehead atoms. The largest absolute Gasteiger partial charge is 0.395 e. The topological polar surface area (TPSA) is 42.0 Å². The highest BCUT2D eigenvalue weighted by Gasteiger charge is 2.74. The summed E-state index contributed by atoms with van der Waals surface area (Å²) in [6, 6.07) is 2.26. The molecule has 0 aromatic carbocycles. The van der Waals surface area contributed by atoms with Crippen molar-refractivity contribution in [1.29, 1.82) is 0 Å². The first-order valence-corrected chi connectivity index (χ1v) is 4.92. The zero-order valence-electron chi connectivity index (χ0n) is 8.81. The number of nitrogens with zero attached hydrogens (tertiary/aromatic N) is 1. The minimum Gasteiger partial charge on any atom is -0.319 e. The van der Waals surface area contributed by atoms with Gasteiger partial charge in [-0.3, -0.25) is 9.78 Å². The molecule has 0 aliphatic heterocycles. The van der Waals surface area contributed by atoms with Crippen LogP contribution in [0.25, 0.3) is 0 Å². The summed E-state index contributed by atoms with van der Waals surface area (Å²) in [5, 5.41) is -4.24. The maximum absolute atomic E-state index is 13.0. The van der Waals surface area contributed by atoms with Crippen LogP contribution < -0.4 is 5.32 Å². The molecule has 0 fully saturated rings. The Morgan fingerprint density at radius 3 is 2.21 bits per heavy atom. The predicted octanol–water partition coefficient (Wildman–Crippen LogP) is 3.12. The second-order valence-electron chi connectivity index (χ2n) is 3.34. The number of anilines is 1. The monoisotopic (exact) mass is 306 g/mol. The summed E-state index contributed by atoms with van der Waals surface area (Å²) in [6.07, 6.45) is 2.08. The van der Waals surface area contributed by atoms with E-state index in [1.165, 1.54) is 17.6 Å². The Labute approximate surface area is 107 Å². The predicted molar refractivity (Wildman–Crippen MR) is 53.6 cm³/mol. The molecule has 1 amide bonds. The number of amides is 1. The highest BCUT2D eigenvalue weighted by atomic mass is 35.5. The van der Waals surface area contributed by atoms with Gasteiger partial charge in [0, 0.05) is 6.20 Å². The summed E-state index contributed by atoms with van der Waals surface area (Å²) in [6.45, 7) is 0. The van der Waals surface area contributed by atoms with Gasteiger partial charge in [-0.1, -0.05) is 0 Å². The molecule has 1 aromatic rings. The van der Waals surface area contributed by atoms with E-state index in [-0.39, 0.29) is 5.69 Å². The van der Waals surface area contributed by atoms with Crippen molar-refractivity contribution in [3.05, 3.63) is 24.5 Å². The van der Waals surface area contributed by atoms with Crippen molar-refractivity contribution in [3.8, 4) is 0 Å². The van der Waals surface area contributed by atoms with E-state index in [2.05, 4.69) is 16.6 Å². The molecule has 1 rings (SSSR count). The summed E-state index contributed by atoms with van der Waals surface area (Å²) >= 11 is 3.90. The summed E-state index contributed by atoms with van der Waals surface area (Å²) in [7, 11) is 0. The Morgan fingerprint density at radius 2 is 1.79 bits per heavy atom. The smallest absolute Gasteiger partial charge is 0.319 e. The molecule has 106 valence electrons. The third kappa shape index (κ3) is 2.91. The molecule has 3 nitrogen and oxygen atoms in total. The molecule has 0 unspecified atom stereocenters. The molecule has 0 aliphatic carbocycles. The van der Waals surface area contributed by atoms with Crippen molar-refractivity contribution >= 4 is 23.2 Å². The zero-order chi connectivity index (χ0) is 14.9. The molecule has 19 heavy (non-hydrogen) atoms. The van der Waals surface area contributed by atoms with Crippen molar-refractivity contribution in [2.45, 2.75) is 17.2 Å². The fourth-order valence-corrected chi connectivity index (χ4v) is 1.09. The van der Waals surface area contributed by atoms with Crippen molar-refractivity contribution in [1.82, 2.24) is 4.98 Å². The summed E-state index contributed by atoms with van der Waals surface area (Å²) in [5.74, 6) is -14.4. The Hall–Kier alpha value is -1.51. The summed E-state index contributed by atoms with van der Waals surface area (Å²) in [4.78, 5) is 14.4. The van der Waals surface area contributed by atoms with Crippen LogP contribution in [0.3, 0.4) is 0 Å². The van der Waals surface area contributed by atoms with Gasteiger partial charge in [-0.05, 0) is 23.7 Å². The van der Waals surface area contributed by atoms with Gasteiger partial charge in [-0.15, -0.1) is 0 Å². The third-order valence-corrected chi connectivity index (χ3v) is 2.19. The van der Waals surface area contributed by atoms with Gasteiger partial charge < -0.3 is 5.32 Å². The highest BCUT2D eigenvalue weighted by Crippen LogP contribution is 2.48. The lowest BCUT2D eigenvalue weighted by molar-refractivity contribution is -0.266. The van der Waals surface area contributed by atoms with Crippen LogP contribution in [-0.2, 0) is 4.79 Å².